The zero-order chi connectivity index (χ0) is 23.0. The number of pyridine rings is 1. The lowest BCUT2D eigenvalue weighted by atomic mass is 10.2. The van der Waals surface area contributed by atoms with Gasteiger partial charge in [-0.2, -0.15) is 4.98 Å². The summed E-state index contributed by atoms with van der Waals surface area (Å²) in [6.45, 7) is 4.08. The maximum atomic E-state index is 13.0. The molecule has 1 amide bonds. The first kappa shape index (κ1) is 22.8. The number of nitrogens with zero attached hydrogens (tertiary/aromatic N) is 4. The van der Waals surface area contributed by atoms with Crippen molar-refractivity contribution in [2.45, 2.75) is 13.1 Å². The Morgan fingerprint density at radius 1 is 1.18 bits per heavy atom. The monoisotopic (exact) mass is 467 g/mol. The van der Waals surface area contributed by atoms with E-state index >= 15 is 0 Å². The largest absolute Gasteiger partial charge is 0.495 e. The van der Waals surface area contributed by atoms with Crippen LogP contribution in [-0.2, 0) is 13.1 Å². The molecule has 2 aromatic heterocycles. The summed E-state index contributed by atoms with van der Waals surface area (Å²) in [5.41, 5.74) is 2.07. The summed E-state index contributed by atoms with van der Waals surface area (Å²) >= 11 is 6.26. The summed E-state index contributed by atoms with van der Waals surface area (Å²) in [6, 6.07) is 11.1. The first-order chi connectivity index (χ1) is 16.1. The molecule has 0 aliphatic carbocycles. The lowest BCUT2D eigenvalue weighted by molar-refractivity contribution is 0.0950. The molecule has 1 fully saturated rings. The molecule has 1 aliphatic heterocycles. The zero-order valence-electron chi connectivity index (χ0n) is 18.3. The highest BCUT2D eigenvalue weighted by Crippen LogP contribution is 2.26. The third-order valence-electron chi connectivity index (χ3n) is 5.25. The number of rotatable bonds is 8. The van der Waals surface area contributed by atoms with Crippen molar-refractivity contribution >= 4 is 29.3 Å². The van der Waals surface area contributed by atoms with Crippen molar-refractivity contribution in [3.8, 4) is 5.75 Å². The van der Waals surface area contributed by atoms with Gasteiger partial charge in [0.05, 0.1) is 24.4 Å². The van der Waals surface area contributed by atoms with Gasteiger partial charge in [-0.25, -0.2) is 4.98 Å². The molecule has 0 bridgehead atoms. The average Bonchev–Trinajstić information content (AvgIpc) is 2.87. The van der Waals surface area contributed by atoms with Crippen LogP contribution < -0.4 is 25.6 Å². The molecular formula is C23H26ClN7O2. The standard InChI is InChI=1S/C23H26ClN7O2/c1-33-20-6-5-16(12-19(20)24)13-27-21-18(22(32)28-14-17-4-2-3-7-26-17)15-29-23(30-21)31-10-8-25-9-11-31/h2-7,12,15,25H,8-11,13-14H2,1H3,(H,28,32)(H,27,29,30). The lowest BCUT2D eigenvalue weighted by Gasteiger charge is -2.27. The van der Waals surface area contributed by atoms with Gasteiger partial charge in [0, 0.05) is 45.1 Å². The van der Waals surface area contributed by atoms with Crippen molar-refractivity contribution in [2.24, 2.45) is 0 Å². The maximum Gasteiger partial charge on any atom is 0.256 e. The smallest absolute Gasteiger partial charge is 0.256 e. The number of nitrogens with one attached hydrogen (secondary N) is 3. The van der Waals surface area contributed by atoms with E-state index in [-0.39, 0.29) is 5.91 Å². The van der Waals surface area contributed by atoms with Crippen LogP contribution in [0.3, 0.4) is 0 Å². The third kappa shape index (κ3) is 5.88. The fourth-order valence-electron chi connectivity index (χ4n) is 3.47. The number of methoxy groups -OCH3 is 1. The van der Waals surface area contributed by atoms with Crippen molar-refractivity contribution in [2.75, 3.05) is 43.5 Å². The molecule has 3 N–H and O–H groups in total. The van der Waals surface area contributed by atoms with Gasteiger partial charge in [0.15, 0.2) is 0 Å². The number of hydrogen-bond donors (Lipinski definition) is 3. The molecule has 1 saturated heterocycles. The number of amides is 1. The Hall–Kier alpha value is -3.43. The van der Waals surface area contributed by atoms with Crippen LogP contribution in [-0.4, -0.2) is 54.1 Å². The first-order valence-electron chi connectivity index (χ1n) is 10.7. The van der Waals surface area contributed by atoms with Crippen molar-refractivity contribution in [1.29, 1.82) is 0 Å². The van der Waals surface area contributed by atoms with E-state index in [4.69, 9.17) is 16.3 Å². The molecule has 0 radical (unpaired) electrons. The molecule has 4 rings (SSSR count). The van der Waals surface area contributed by atoms with Gasteiger partial charge in [0.2, 0.25) is 5.95 Å². The fourth-order valence-corrected chi connectivity index (χ4v) is 3.75. The second-order valence-electron chi connectivity index (χ2n) is 7.50. The summed E-state index contributed by atoms with van der Waals surface area (Å²) in [7, 11) is 1.58. The minimum atomic E-state index is -0.275. The number of benzene rings is 1. The van der Waals surface area contributed by atoms with Crippen LogP contribution in [0.4, 0.5) is 11.8 Å². The molecule has 33 heavy (non-hydrogen) atoms. The minimum absolute atomic E-state index is 0.275. The number of anilines is 2. The van der Waals surface area contributed by atoms with Crippen LogP contribution in [0, 0.1) is 0 Å². The molecule has 3 heterocycles. The van der Waals surface area contributed by atoms with Crippen LogP contribution in [0.2, 0.25) is 5.02 Å². The van der Waals surface area contributed by atoms with Crippen LogP contribution in [0.15, 0.2) is 48.8 Å². The lowest BCUT2D eigenvalue weighted by Crippen LogP contribution is -2.44. The first-order valence-corrected chi connectivity index (χ1v) is 11.1. The van der Waals surface area contributed by atoms with E-state index in [0.717, 1.165) is 37.4 Å². The summed E-state index contributed by atoms with van der Waals surface area (Å²) in [5, 5.41) is 10.0. The Bertz CT molecular complexity index is 1090. The predicted octanol–water partition coefficient (Wildman–Crippen LogP) is 2.49. The third-order valence-corrected chi connectivity index (χ3v) is 5.55. The Kier molecular flexibility index (Phi) is 7.54. The highest BCUT2D eigenvalue weighted by atomic mass is 35.5. The van der Waals surface area contributed by atoms with Crippen LogP contribution in [0.25, 0.3) is 0 Å². The molecule has 0 spiro atoms. The Labute approximate surface area is 197 Å². The van der Waals surface area contributed by atoms with E-state index in [2.05, 4.69) is 35.8 Å². The molecular weight excluding hydrogens is 442 g/mol. The fraction of sp³-hybridized carbons (Fsp3) is 0.304. The Balaban J connectivity index is 1.54. The summed E-state index contributed by atoms with van der Waals surface area (Å²) < 4.78 is 5.22. The van der Waals surface area contributed by atoms with E-state index in [0.29, 0.717) is 41.2 Å². The van der Waals surface area contributed by atoms with Crippen LogP contribution >= 0.6 is 11.6 Å². The van der Waals surface area contributed by atoms with Gasteiger partial charge in [-0.15, -0.1) is 0 Å². The molecule has 0 unspecified atom stereocenters. The number of aromatic nitrogens is 3. The van der Waals surface area contributed by atoms with Crippen molar-refractivity contribution in [1.82, 2.24) is 25.6 Å². The molecule has 1 aliphatic rings. The van der Waals surface area contributed by atoms with Crippen LogP contribution in [0.1, 0.15) is 21.6 Å². The number of hydrogen-bond acceptors (Lipinski definition) is 8. The van der Waals surface area contributed by atoms with Gasteiger partial charge in [0.1, 0.15) is 17.1 Å². The molecule has 0 atom stereocenters. The van der Waals surface area contributed by atoms with Gasteiger partial charge >= 0.3 is 0 Å². The summed E-state index contributed by atoms with van der Waals surface area (Å²) in [5.74, 6) is 1.39. The van der Waals surface area contributed by atoms with E-state index in [1.807, 2.05) is 36.4 Å². The van der Waals surface area contributed by atoms with Gasteiger partial charge < -0.3 is 25.6 Å². The topological polar surface area (TPSA) is 104 Å². The average molecular weight is 468 g/mol. The molecule has 172 valence electrons. The molecule has 9 nitrogen and oxygen atoms in total. The molecule has 3 aromatic rings. The summed E-state index contributed by atoms with van der Waals surface area (Å²) in [4.78, 5) is 28.4. The van der Waals surface area contributed by atoms with Crippen molar-refractivity contribution in [3.63, 3.8) is 0 Å². The highest BCUT2D eigenvalue weighted by Gasteiger charge is 2.19. The number of ether oxygens (including phenoxy) is 1. The normalized spacial score (nSPS) is 13.5. The molecule has 1 aromatic carbocycles. The summed E-state index contributed by atoms with van der Waals surface area (Å²) in [6.07, 6.45) is 3.27. The van der Waals surface area contributed by atoms with Crippen LogP contribution in [0.5, 0.6) is 5.75 Å². The van der Waals surface area contributed by atoms with Gasteiger partial charge in [-0.3, -0.25) is 9.78 Å². The van der Waals surface area contributed by atoms with Gasteiger partial charge in [0.25, 0.3) is 5.91 Å². The van der Waals surface area contributed by atoms with Crippen molar-refractivity contribution in [3.05, 3.63) is 70.6 Å². The maximum absolute atomic E-state index is 13.0. The quantitative estimate of drug-likeness (QED) is 0.464. The van der Waals surface area contributed by atoms with E-state index in [1.165, 1.54) is 0 Å². The Morgan fingerprint density at radius 3 is 2.76 bits per heavy atom. The van der Waals surface area contributed by atoms with E-state index in [1.54, 1.807) is 19.5 Å². The molecule has 0 saturated carbocycles. The number of carbonyl (C=O) groups is 1. The second kappa shape index (κ2) is 10.9. The number of carbonyl (C=O) groups excluding carboxylic acids is 1. The van der Waals surface area contributed by atoms with E-state index < -0.39 is 0 Å². The molecule has 10 heteroatoms. The number of piperazine rings is 1. The number of halogens is 1. The van der Waals surface area contributed by atoms with Crippen molar-refractivity contribution < 1.29 is 9.53 Å². The van der Waals surface area contributed by atoms with Gasteiger partial charge in [-0.1, -0.05) is 23.7 Å². The zero-order valence-corrected chi connectivity index (χ0v) is 19.1. The Morgan fingerprint density at radius 2 is 2.03 bits per heavy atom. The highest BCUT2D eigenvalue weighted by molar-refractivity contribution is 6.32. The second-order valence-corrected chi connectivity index (χ2v) is 7.90. The van der Waals surface area contributed by atoms with E-state index in [9.17, 15) is 4.79 Å². The minimum Gasteiger partial charge on any atom is -0.495 e. The SMILES string of the molecule is COc1ccc(CNc2nc(N3CCNCC3)ncc2C(=O)NCc2ccccn2)cc1Cl. The predicted molar refractivity (Wildman–Crippen MR) is 128 cm³/mol. The van der Waals surface area contributed by atoms with Gasteiger partial charge in [-0.05, 0) is 29.8 Å².